The van der Waals surface area contributed by atoms with Gasteiger partial charge in [0.15, 0.2) is 5.11 Å². The van der Waals surface area contributed by atoms with Gasteiger partial charge in [-0.3, -0.25) is 4.90 Å². The topological polar surface area (TPSA) is 18.5 Å². The fourth-order valence-electron chi connectivity index (χ4n) is 2.77. The first-order chi connectivity index (χ1) is 9.26. The molecule has 3 nitrogen and oxygen atoms in total. The minimum absolute atomic E-state index is 0.534. The Kier molecular flexibility index (Phi) is 5.16. The zero-order valence-corrected chi connectivity index (χ0v) is 12.6. The highest BCUT2D eigenvalue weighted by molar-refractivity contribution is 7.80. The second-order valence-corrected chi connectivity index (χ2v) is 5.30. The molecule has 4 heteroatoms. The van der Waals surface area contributed by atoms with Gasteiger partial charge >= 0.3 is 0 Å². The van der Waals surface area contributed by atoms with Crippen molar-refractivity contribution in [3.05, 3.63) is 35.9 Å². The van der Waals surface area contributed by atoms with Crippen LogP contribution in [0.3, 0.4) is 0 Å². The van der Waals surface area contributed by atoms with Gasteiger partial charge in [0.25, 0.3) is 0 Å². The van der Waals surface area contributed by atoms with Gasteiger partial charge in [0.1, 0.15) is 0 Å². The van der Waals surface area contributed by atoms with E-state index < -0.39 is 0 Å². The standard InChI is InChI=1S/C15H23N3S/c1-3-14(13-7-5-4-6-8-13)17-9-11-18(12-10-17)15(19)16-2/h4-8,14H,3,9-12H2,1-2H3,(H,16,19)/t14-/m0/s1. The van der Waals surface area contributed by atoms with Gasteiger partial charge in [0, 0.05) is 39.3 Å². The van der Waals surface area contributed by atoms with Crippen molar-refractivity contribution >= 4 is 17.3 Å². The molecule has 1 fully saturated rings. The Bertz CT molecular complexity index is 399. The van der Waals surface area contributed by atoms with E-state index in [0.717, 1.165) is 37.7 Å². The molecular formula is C15H23N3S. The molecule has 1 aromatic carbocycles. The van der Waals surface area contributed by atoms with Crippen LogP contribution < -0.4 is 5.32 Å². The molecule has 1 aliphatic heterocycles. The predicted octanol–water partition coefficient (Wildman–Crippen LogP) is 2.26. The maximum atomic E-state index is 5.30. The lowest BCUT2D eigenvalue weighted by Gasteiger charge is -2.40. The molecule has 1 N–H and O–H groups in total. The number of benzene rings is 1. The summed E-state index contributed by atoms with van der Waals surface area (Å²) in [4.78, 5) is 4.83. The fraction of sp³-hybridized carbons (Fsp3) is 0.533. The molecule has 0 spiro atoms. The molecule has 1 atom stereocenters. The Morgan fingerprint density at radius 1 is 1.21 bits per heavy atom. The van der Waals surface area contributed by atoms with Crippen molar-refractivity contribution in [3.8, 4) is 0 Å². The van der Waals surface area contributed by atoms with E-state index in [9.17, 15) is 0 Å². The fourth-order valence-corrected chi connectivity index (χ4v) is 2.96. The van der Waals surface area contributed by atoms with Crippen molar-refractivity contribution in [2.75, 3.05) is 33.2 Å². The maximum Gasteiger partial charge on any atom is 0.168 e. The summed E-state index contributed by atoms with van der Waals surface area (Å²) in [5, 5.41) is 3.93. The SMILES string of the molecule is CC[C@@H](c1ccccc1)N1CCN(C(=S)NC)CC1. The number of nitrogens with one attached hydrogen (secondary N) is 1. The smallest absolute Gasteiger partial charge is 0.168 e. The highest BCUT2D eigenvalue weighted by atomic mass is 32.1. The summed E-state index contributed by atoms with van der Waals surface area (Å²) >= 11 is 5.30. The van der Waals surface area contributed by atoms with Gasteiger partial charge in [0.2, 0.25) is 0 Å². The summed E-state index contributed by atoms with van der Waals surface area (Å²) in [6.45, 7) is 6.46. The zero-order valence-electron chi connectivity index (χ0n) is 11.8. The van der Waals surface area contributed by atoms with Gasteiger partial charge in [-0.15, -0.1) is 0 Å². The van der Waals surface area contributed by atoms with E-state index in [1.807, 2.05) is 7.05 Å². The molecule has 0 unspecified atom stereocenters. The van der Waals surface area contributed by atoms with Crippen molar-refractivity contribution in [3.63, 3.8) is 0 Å². The largest absolute Gasteiger partial charge is 0.366 e. The molecule has 2 rings (SSSR count). The van der Waals surface area contributed by atoms with Crippen LogP contribution in [0.4, 0.5) is 0 Å². The first-order valence-electron chi connectivity index (χ1n) is 7.02. The van der Waals surface area contributed by atoms with Crippen LogP contribution in [0.5, 0.6) is 0 Å². The molecule has 0 radical (unpaired) electrons. The average molecular weight is 277 g/mol. The Hall–Kier alpha value is -1.13. The van der Waals surface area contributed by atoms with Gasteiger partial charge in [-0.05, 0) is 24.2 Å². The minimum Gasteiger partial charge on any atom is -0.366 e. The molecule has 0 amide bonds. The molecule has 1 aromatic rings. The van der Waals surface area contributed by atoms with E-state index >= 15 is 0 Å². The van der Waals surface area contributed by atoms with E-state index in [1.54, 1.807) is 0 Å². The van der Waals surface area contributed by atoms with Crippen molar-refractivity contribution in [2.24, 2.45) is 0 Å². The van der Waals surface area contributed by atoms with E-state index in [1.165, 1.54) is 5.56 Å². The second-order valence-electron chi connectivity index (χ2n) is 4.91. The Morgan fingerprint density at radius 2 is 1.84 bits per heavy atom. The zero-order chi connectivity index (χ0) is 13.7. The molecule has 104 valence electrons. The van der Waals surface area contributed by atoms with Gasteiger partial charge in [0.05, 0.1) is 0 Å². The first-order valence-corrected chi connectivity index (χ1v) is 7.42. The first kappa shape index (κ1) is 14.3. The van der Waals surface area contributed by atoms with Gasteiger partial charge in [-0.2, -0.15) is 0 Å². The molecule has 1 aliphatic rings. The lowest BCUT2D eigenvalue weighted by molar-refractivity contribution is 0.128. The summed E-state index contributed by atoms with van der Waals surface area (Å²) in [7, 11) is 1.90. The van der Waals surface area contributed by atoms with E-state index in [4.69, 9.17) is 12.2 Å². The minimum atomic E-state index is 0.534. The normalized spacial score (nSPS) is 18.1. The Labute approximate surface area is 121 Å². The van der Waals surface area contributed by atoms with Crippen LogP contribution in [-0.4, -0.2) is 48.1 Å². The third kappa shape index (κ3) is 3.45. The molecule has 1 heterocycles. The summed E-state index contributed by atoms with van der Waals surface area (Å²) in [5.74, 6) is 0. The average Bonchev–Trinajstić information content (AvgIpc) is 2.49. The third-order valence-corrected chi connectivity index (χ3v) is 4.29. The molecular weight excluding hydrogens is 254 g/mol. The van der Waals surface area contributed by atoms with E-state index in [-0.39, 0.29) is 0 Å². The Balaban J connectivity index is 1.98. The number of piperazine rings is 1. The number of rotatable bonds is 3. The van der Waals surface area contributed by atoms with Crippen LogP contribution in [0.2, 0.25) is 0 Å². The number of nitrogens with zero attached hydrogens (tertiary/aromatic N) is 2. The maximum absolute atomic E-state index is 5.30. The molecule has 0 aliphatic carbocycles. The number of hydrogen-bond donors (Lipinski definition) is 1. The number of hydrogen-bond acceptors (Lipinski definition) is 2. The lowest BCUT2D eigenvalue weighted by atomic mass is 10.0. The summed E-state index contributed by atoms with van der Waals surface area (Å²) < 4.78 is 0. The van der Waals surface area contributed by atoms with Crippen molar-refractivity contribution in [1.29, 1.82) is 0 Å². The molecule has 19 heavy (non-hydrogen) atoms. The summed E-state index contributed by atoms with van der Waals surface area (Å²) in [6, 6.07) is 11.3. The van der Waals surface area contributed by atoms with Gasteiger partial charge < -0.3 is 10.2 Å². The van der Waals surface area contributed by atoms with Crippen molar-refractivity contribution < 1.29 is 0 Å². The van der Waals surface area contributed by atoms with Gasteiger partial charge in [-0.25, -0.2) is 0 Å². The highest BCUT2D eigenvalue weighted by Gasteiger charge is 2.24. The quantitative estimate of drug-likeness (QED) is 0.854. The molecule has 0 saturated carbocycles. The van der Waals surface area contributed by atoms with Crippen LogP contribution >= 0.6 is 12.2 Å². The molecule has 1 saturated heterocycles. The van der Waals surface area contributed by atoms with E-state index in [2.05, 4.69) is 52.4 Å². The second kappa shape index (κ2) is 6.87. The lowest BCUT2D eigenvalue weighted by Crippen LogP contribution is -2.51. The number of thiocarbonyl (C=S) groups is 1. The van der Waals surface area contributed by atoms with Crippen LogP contribution in [0, 0.1) is 0 Å². The van der Waals surface area contributed by atoms with Crippen LogP contribution in [0.25, 0.3) is 0 Å². The summed E-state index contributed by atoms with van der Waals surface area (Å²) in [6.07, 6.45) is 1.15. The highest BCUT2D eigenvalue weighted by Crippen LogP contribution is 2.24. The molecule has 0 bridgehead atoms. The van der Waals surface area contributed by atoms with Crippen LogP contribution in [-0.2, 0) is 0 Å². The monoisotopic (exact) mass is 277 g/mol. The van der Waals surface area contributed by atoms with E-state index in [0.29, 0.717) is 6.04 Å². The third-order valence-electron chi connectivity index (χ3n) is 3.83. The van der Waals surface area contributed by atoms with Crippen molar-refractivity contribution in [1.82, 2.24) is 15.1 Å². The molecule has 0 aromatic heterocycles. The summed E-state index contributed by atoms with van der Waals surface area (Å²) in [5.41, 5.74) is 1.43. The van der Waals surface area contributed by atoms with Crippen molar-refractivity contribution in [2.45, 2.75) is 19.4 Å². The predicted molar refractivity (Wildman–Crippen MR) is 84.3 cm³/mol. The van der Waals surface area contributed by atoms with Crippen LogP contribution in [0.1, 0.15) is 24.9 Å². The van der Waals surface area contributed by atoms with Gasteiger partial charge in [-0.1, -0.05) is 37.3 Å². The van der Waals surface area contributed by atoms with Crippen LogP contribution in [0.15, 0.2) is 30.3 Å². The Morgan fingerprint density at radius 3 is 2.37 bits per heavy atom.